The van der Waals surface area contributed by atoms with Crippen molar-refractivity contribution < 1.29 is 13.6 Å². The molecule has 3 heterocycles. The lowest BCUT2D eigenvalue weighted by Crippen LogP contribution is -2.40. The third-order valence-electron chi connectivity index (χ3n) is 6.04. The summed E-state index contributed by atoms with van der Waals surface area (Å²) in [6, 6.07) is 9.94. The first-order valence-electron chi connectivity index (χ1n) is 10.0. The number of aromatic nitrogens is 1. The number of H-pyrrole nitrogens is 1. The third kappa shape index (κ3) is 3.68. The van der Waals surface area contributed by atoms with Crippen molar-refractivity contribution in [2.24, 2.45) is 0 Å². The van der Waals surface area contributed by atoms with Crippen LogP contribution in [0.1, 0.15) is 29.3 Å². The van der Waals surface area contributed by atoms with Crippen LogP contribution in [0.25, 0.3) is 10.9 Å². The van der Waals surface area contributed by atoms with E-state index in [2.05, 4.69) is 33.2 Å². The Morgan fingerprint density at radius 2 is 1.94 bits per heavy atom. The van der Waals surface area contributed by atoms with Gasteiger partial charge in [0.15, 0.2) is 0 Å². The number of rotatable bonds is 2. The molecule has 1 unspecified atom stereocenters. The van der Waals surface area contributed by atoms with E-state index < -0.39 is 17.7 Å². The van der Waals surface area contributed by atoms with Crippen LogP contribution in [0.4, 0.5) is 14.5 Å². The summed E-state index contributed by atoms with van der Waals surface area (Å²) < 4.78 is 28.4. The van der Waals surface area contributed by atoms with Gasteiger partial charge in [0.05, 0.1) is 11.6 Å². The van der Waals surface area contributed by atoms with Gasteiger partial charge in [0.1, 0.15) is 11.6 Å². The molecule has 0 saturated carbocycles. The fraction of sp³-hybridized carbons (Fsp3) is 0.261. The highest BCUT2D eigenvalue weighted by Gasteiger charge is 2.35. The van der Waals surface area contributed by atoms with E-state index in [1.807, 2.05) is 33.3 Å². The predicted molar refractivity (Wildman–Crippen MR) is 128 cm³/mol. The Balaban J connectivity index is 1.63. The Labute approximate surface area is 194 Å². The van der Waals surface area contributed by atoms with Crippen molar-refractivity contribution >= 4 is 52.6 Å². The second-order valence-corrected chi connectivity index (χ2v) is 9.39. The van der Waals surface area contributed by atoms with Gasteiger partial charge < -0.3 is 14.8 Å². The van der Waals surface area contributed by atoms with E-state index in [1.54, 1.807) is 4.90 Å². The molecule has 1 aromatic heterocycles. The number of nitrogens with zero attached hydrogens (tertiary/aromatic N) is 2. The molecule has 5 rings (SSSR count). The van der Waals surface area contributed by atoms with E-state index in [1.165, 1.54) is 21.4 Å². The zero-order valence-electron chi connectivity index (χ0n) is 16.4. The number of benzene rings is 2. The lowest BCUT2D eigenvalue weighted by Gasteiger charge is -2.36. The molecule has 4 nitrogen and oxygen atoms in total. The van der Waals surface area contributed by atoms with Crippen molar-refractivity contribution in [1.29, 1.82) is 0 Å². The van der Waals surface area contributed by atoms with Crippen molar-refractivity contribution in [3.63, 3.8) is 0 Å². The molecule has 1 saturated heterocycles. The SMILES string of the molecule is O=C(C#CSI)N1CCc2c([nH]c3c(F)cc(F)cc23)C1c1ccc(N2CCC2)cc1. The van der Waals surface area contributed by atoms with Crippen LogP contribution in [0.3, 0.4) is 0 Å². The van der Waals surface area contributed by atoms with E-state index >= 15 is 0 Å². The van der Waals surface area contributed by atoms with Gasteiger partial charge in [0.25, 0.3) is 5.91 Å². The van der Waals surface area contributed by atoms with Crippen molar-refractivity contribution in [1.82, 2.24) is 9.88 Å². The standard InChI is InChI=1S/C23H18F2IN3OS/c24-15-12-18-17-6-10-29(20(30)7-11-31-26)23(22(17)27-21(18)19(25)13-15)14-2-4-16(5-3-14)28-8-1-9-28/h2-5,12-13,23,27H,1,6,8-10H2. The molecule has 1 amide bonds. The first-order chi connectivity index (χ1) is 15.1. The lowest BCUT2D eigenvalue weighted by atomic mass is 9.92. The Bertz CT molecular complexity index is 1230. The highest BCUT2D eigenvalue weighted by Crippen LogP contribution is 2.40. The van der Waals surface area contributed by atoms with Crippen LogP contribution in [-0.2, 0) is 11.2 Å². The highest BCUT2D eigenvalue weighted by atomic mass is 127. The van der Waals surface area contributed by atoms with Crippen LogP contribution < -0.4 is 4.90 Å². The number of carbonyl (C=O) groups is 1. The predicted octanol–water partition coefficient (Wildman–Crippen LogP) is 5.17. The van der Waals surface area contributed by atoms with Crippen LogP contribution >= 0.6 is 30.1 Å². The zero-order chi connectivity index (χ0) is 21.5. The third-order valence-corrected chi connectivity index (χ3v) is 6.88. The number of hydrogen-bond donors (Lipinski definition) is 1. The van der Waals surface area contributed by atoms with Crippen molar-refractivity contribution in [2.45, 2.75) is 18.9 Å². The van der Waals surface area contributed by atoms with E-state index in [0.29, 0.717) is 18.4 Å². The number of aromatic amines is 1. The van der Waals surface area contributed by atoms with Crippen LogP contribution in [-0.4, -0.2) is 35.4 Å². The van der Waals surface area contributed by atoms with Gasteiger partial charge in [-0.05, 0) is 56.4 Å². The Morgan fingerprint density at radius 3 is 2.61 bits per heavy atom. The van der Waals surface area contributed by atoms with Crippen LogP contribution in [0.5, 0.6) is 0 Å². The largest absolute Gasteiger partial charge is 0.371 e. The van der Waals surface area contributed by atoms with Gasteiger partial charge in [-0.3, -0.25) is 4.79 Å². The molecule has 1 fully saturated rings. The minimum atomic E-state index is -0.629. The average molecular weight is 549 g/mol. The number of nitrogens with one attached hydrogen (secondary N) is 1. The average Bonchev–Trinajstić information content (AvgIpc) is 3.10. The summed E-state index contributed by atoms with van der Waals surface area (Å²) in [5.41, 5.74) is 3.91. The molecule has 1 N–H and O–H groups in total. The number of anilines is 1. The maximum atomic E-state index is 14.5. The summed E-state index contributed by atoms with van der Waals surface area (Å²) in [5, 5.41) is 3.30. The summed E-state index contributed by atoms with van der Waals surface area (Å²) in [7, 11) is 1.25. The smallest absolute Gasteiger partial charge is 0.300 e. The molecule has 0 bridgehead atoms. The van der Waals surface area contributed by atoms with Crippen LogP contribution in [0, 0.1) is 22.8 Å². The monoisotopic (exact) mass is 549 g/mol. The molecular formula is C23H18F2IN3OS. The highest BCUT2D eigenvalue weighted by molar-refractivity contribution is 14.2. The van der Waals surface area contributed by atoms with Gasteiger partial charge >= 0.3 is 0 Å². The molecule has 2 aliphatic heterocycles. The topological polar surface area (TPSA) is 39.3 Å². The summed E-state index contributed by atoms with van der Waals surface area (Å²) in [6.07, 6.45) is 1.70. The van der Waals surface area contributed by atoms with E-state index in [9.17, 15) is 13.6 Å². The molecule has 0 radical (unpaired) electrons. The number of fused-ring (bicyclic) bond motifs is 3. The maximum Gasteiger partial charge on any atom is 0.300 e. The molecule has 2 aliphatic rings. The minimum absolute atomic E-state index is 0.275. The molecule has 0 aliphatic carbocycles. The number of carbonyl (C=O) groups excluding carboxylic acids is 1. The van der Waals surface area contributed by atoms with E-state index in [4.69, 9.17) is 0 Å². The number of amides is 1. The van der Waals surface area contributed by atoms with Crippen molar-refractivity contribution in [3.8, 4) is 11.2 Å². The van der Waals surface area contributed by atoms with E-state index in [-0.39, 0.29) is 11.4 Å². The number of halogens is 3. The minimum Gasteiger partial charge on any atom is -0.371 e. The molecule has 1 atom stereocenters. The maximum absolute atomic E-state index is 14.5. The summed E-state index contributed by atoms with van der Waals surface area (Å²) in [4.78, 5) is 20.1. The van der Waals surface area contributed by atoms with Gasteiger partial charge in [0.2, 0.25) is 0 Å². The van der Waals surface area contributed by atoms with Crippen molar-refractivity contribution in [3.05, 3.63) is 64.9 Å². The van der Waals surface area contributed by atoms with Gasteiger partial charge in [-0.25, -0.2) is 8.78 Å². The van der Waals surface area contributed by atoms with Gasteiger partial charge in [-0.15, -0.1) is 0 Å². The summed E-state index contributed by atoms with van der Waals surface area (Å²) in [5.74, 6) is 1.16. The van der Waals surface area contributed by atoms with Gasteiger partial charge in [-0.1, -0.05) is 12.1 Å². The van der Waals surface area contributed by atoms with Crippen LogP contribution in [0.15, 0.2) is 36.4 Å². The fourth-order valence-corrected chi connectivity index (χ4v) is 4.91. The van der Waals surface area contributed by atoms with E-state index in [0.717, 1.165) is 41.7 Å². The Kier molecular flexibility index (Phi) is 5.56. The Morgan fingerprint density at radius 1 is 1.16 bits per heavy atom. The fourth-order valence-electron chi connectivity index (χ4n) is 4.46. The second-order valence-electron chi connectivity index (χ2n) is 7.71. The molecule has 31 heavy (non-hydrogen) atoms. The van der Waals surface area contributed by atoms with Crippen LogP contribution in [0.2, 0.25) is 0 Å². The van der Waals surface area contributed by atoms with Gasteiger partial charge in [-0.2, -0.15) is 0 Å². The molecule has 2 aromatic carbocycles. The first-order valence-corrected chi connectivity index (χ1v) is 13.4. The normalized spacial score (nSPS) is 17.7. The lowest BCUT2D eigenvalue weighted by molar-refractivity contribution is -0.127. The molecular weight excluding hydrogens is 531 g/mol. The molecule has 3 aromatic rings. The summed E-state index contributed by atoms with van der Waals surface area (Å²) >= 11 is 2.03. The van der Waals surface area contributed by atoms with Gasteiger partial charge in [0, 0.05) is 69.6 Å². The number of hydrogen-bond acceptors (Lipinski definition) is 3. The molecule has 158 valence electrons. The molecule has 8 heteroatoms. The Hall–Kier alpha value is -2.25. The summed E-state index contributed by atoms with van der Waals surface area (Å²) in [6.45, 7) is 2.53. The van der Waals surface area contributed by atoms with Crippen molar-refractivity contribution in [2.75, 3.05) is 24.5 Å². The quantitative estimate of drug-likeness (QED) is 0.354. The zero-order valence-corrected chi connectivity index (χ0v) is 19.4. The second kappa shape index (κ2) is 8.36. The molecule has 0 spiro atoms. The first kappa shape index (κ1) is 20.6.